The smallest absolute Gasteiger partial charge is 0.253 e. The fourth-order valence-corrected chi connectivity index (χ4v) is 2.82. The van der Waals surface area contributed by atoms with E-state index in [2.05, 4.69) is 27.9 Å². The number of anilines is 1. The second-order valence-corrected chi connectivity index (χ2v) is 5.45. The predicted molar refractivity (Wildman–Crippen MR) is 82.2 cm³/mol. The van der Waals surface area contributed by atoms with Crippen molar-refractivity contribution in [3.8, 4) is 0 Å². The number of nitrogen functional groups attached to an aromatic ring is 1. The lowest BCUT2D eigenvalue weighted by Crippen LogP contribution is -2.35. The quantitative estimate of drug-likeness (QED) is 0.598. The van der Waals surface area contributed by atoms with Crippen LogP contribution in [0.2, 0.25) is 5.02 Å². The molecule has 0 atom stereocenters. The third kappa shape index (κ3) is 2.84. The van der Waals surface area contributed by atoms with Crippen LogP contribution < -0.4 is 16.6 Å². The molecule has 3 rings (SSSR count). The van der Waals surface area contributed by atoms with Crippen LogP contribution in [0, 0.1) is 0 Å². The summed E-state index contributed by atoms with van der Waals surface area (Å²) in [5.74, 6) is 5.43. The number of amides is 1. The van der Waals surface area contributed by atoms with Crippen LogP contribution in [0.25, 0.3) is 0 Å². The first kappa shape index (κ1) is 13.9. The molecule has 1 aliphatic carbocycles. The van der Waals surface area contributed by atoms with Crippen molar-refractivity contribution < 1.29 is 4.79 Å². The Labute approximate surface area is 127 Å². The van der Waals surface area contributed by atoms with E-state index >= 15 is 0 Å². The molecule has 0 spiro atoms. The molecule has 6 heteroatoms. The van der Waals surface area contributed by atoms with E-state index in [4.69, 9.17) is 17.4 Å². The van der Waals surface area contributed by atoms with Crippen LogP contribution in [0.3, 0.4) is 0 Å². The monoisotopic (exact) mass is 302 g/mol. The molecule has 2 aromatic rings. The zero-order chi connectivity index (χ0) is 14.8. The van der Waals surface area contributed by atoms with Gasteiger partial charge in [0.25, 0.3) is 5.91 Å². The lowest BCUT2D eigenvalue weighted by Gasteiger charge is -2.12. The molecule has 5 nitrogen and oxygen atoms in total. The molecule has 1 aromatic heterocycles. The van der Waals surface area contributed by atoms with Crippen LogP contribution in [0.15, 0.2) is 36.5 Å². The number of nitrogens with two attached hydrogens (primary N) is 1. The Hall–Kier alpha value is -2.11. The average Bonchev–Trinajstić information content (AvgIpc) is 2.89. The maximum absolute atomic E-state index is 12.2. The zero-order valence-corrected chi connectivity index (χ0v) is 12.0. The molecular formula is C15H15ClN4O. The zero-order valence-electron chi connectivity index (χ0n) is 11.3. The van der Waals surface area contributed by atoms with Crippen LogP contribution in [-0.4, -0.2) is 16.9 Å². The van der Waals surface area contributed by atoms with E-state index in [-0.39, 0.29) is 11.9 Å². The highest BCUT2D eigenvalue weighted by Crippen LogP contribution is 2.23. The van der Waals surface area contributed by atoms with Gasteiger partial charge in [-0.25, -0.2) is 10.8 Å². The van der Waals surface area contributed by atoms with E-state index in [0.29, 0.717) is 16.4 Å². The Morgan fingerprint density at radius 2 is 1.95 bits per heavy atom. The maximum Gasteiger partial charge on any atom is 0.253 e. The minimum Gasteiger partial charge on any atom is -0.349 e. The van der Waals surface area contributed by atoms with Crippen molar-refractivity contribution in [1.29, 1.82) is 0 Å². The van der Waals surface area contributed by atoms with Gasteiger partial charge in [-0.15, -0.1) is 0 Å². The van der Waals surface area contributed by atoms with Gasteiger partial charge in [0.2, 0.25) is 0 Å². The number of carbonyl (C=O) groups is 1. The molecule has 4 N–H and O–H groups in total. The van der Waals surface area contributed by atoms with E-state index in [0.717, 1.165) is 12.8 Å². The lowest BCUT2D eigenvalue weighted by atomic mass is 10.1. The first-order chi connectivity index (χ1) is 10.2. The number of fused-ring (bicyclic) bond motifs is 1. The molecule has 0 unspecified atom stereocenters. The molecular weight excluding hydrogens is 288 g/mol. The molecule has 0 saturated heterocycles. The second kappa shape index (κ2) is 5.71. The van der Waals surface area contributed by atoms with Gasteiger partial charge in [-0.2, -0.15) is 0 Å². The number of hydrogen-bond donors (Lipinski definition) is 3. The molecule has 1 heterocycles. The summed E-state index contributed by atoms with van der Waals surface area (Å²) in [6.45, 7) is 0. The van der Waals surface area contributed by atoms with Crippen LogP contribution in [0.5, 0.6) is 0 Å². The third-order valence-corrected chi connectivity index (χ3v) is 3.91. The molecule has 0 fully saturated rings. The number of carbonyl (C=O) groups excluding carboxylic acids is 1. The van der Waals surface area contributed by atoms with Gasteiger partial charge in [-0.1, -0.05) is 35.9 Å². The van der Waals surface area contributed by atoms with Crippen LogP contribution >= 0.6 is 11.6 Å². The molecule has 0 aliphatic heterocycles. The molecule has 1 aliphatic rings. The number of nitrogens with zero attached hydrogens (tertiary/aromatic N) is 1. The minimum absolute atomic E-state index is 0.112. The Kier molecular flexibility index (Phi) is 3.77. The summed E-state index contributed by atoms with van der Waals surface area (Å²) in [6, 6.07) is 9.90. The summed E-state index contributed by atoms with van der Waals surface area (Å²) < 4.78 is 0. The Balaban J connectivity index is 1.69. The van der Waals surface area contributed by atoms with Gasteiger partial charge in [-0.3, -0.25) is 4.79 Å². The Morgan fingerprint density at radius 1 is 1.29 bits per heavy atom. The minimum atomic E-state index is -0.175. The van der Waals surface area contributed by atoms with Crippen molar-refractivity contribution in [3.63, 3.8) is 0 Å². The largest absolute Gasteiger partial charge is 0.349 e. The van der Waals surface area contributed by atoms with Gasteiger partial charge >= 0.3 is 0 Å². The molecule has 1 amide bonds. The summed E-state index contributed by atoms with van der Waals surface area (Å²) in [4.78, 5) is 16.2. The van der Waals surface area contributed by atoms with Crippen LogP contribution in [0.4, 0.5) is 5.82 Å². The van der Waals surface area contributed by atoms with E-state index in [1.807, 2.05) is 12.1 Å². The van der Waals surface area contributed by atoms with Gasteiger partial charge in [0, 0.05) is 12.2 Å². The number of aromatic nitrogens is 1. The number of benzene rings is 1. The number of hydrazine groups is 1. The van der Waals surface area contributed by atoms with Gasteiger partial charge in [-0.05, 0) is 30.0 Å². The Morgan fingerprint density at radius 3 is 2.52 bits per heavy atom. The first-order valence-corrected chi connectivity index (χ1v) is 7.05. The number of nitrogens with one attached hydrogen (secondary N) is 2. The maximum atomic E-state index is 12.2. The number of pyridine rings is 1. The molecule has 1 aromatic carbocycles. The van der Waals surface area contributed by atoms with Gasteiger partial charge in [0.15, 0.2) is 5.82 Å². The highest BCUT2D eigenvalue weighted by molar-refractivity contribution is 6.33. The number of hydrogen-bond acceptors (Lipinski definition) is 4. The summed E-state index contributed by atoms with van der Waals surface area (Å²) in [5.41, 5.74) is 5.38. The standard InChI is InChI=1S/C15H15ClN4O/c16-13-7-11(8-18-14(13)20-17)15(21)19-12-5-9-3-1-2-4-10(9)6-12/h1-4,7-8,12H,5-6,17H2,(H,18,20)(H,19,21). The van der Waals surface area contributed by atoms with Crippen molar-refractivity contribution >= 4 is 23.3 Å². The first-order valence-electron chi connectivity index (χ1n) is 6.67. The molecule has 108 valence electrons. The molecule has 0 bridgehead atoms. The van der Waals surface area contributed by atoms with Crippen molar-refractivity contribution in [3.05, 3.63) is 58.2 Å². The normalized spacial score (nSPS) is 13.8. The Bertz CT molecular complexity index is 664. The van der Waals surface area contributed by atoms with Crippen LogP contribution in [0.1, 0.15) is 21.5 Å². The molecule has 0 radical (unpaired) electrons. The van der Waals surface area contributed by atoms with Crippen LogP contribution in [-0.2, 0) is 12.8 Å². The predicted octanol–water partition coefficient (Wildman–Crippen LogP) is 1.92. The van der Waals surface area contributed by atoms with Gasteiger partial charge in [0.1, 0.15) is 0 Å². The van der Waals surface area contributed by atoms with Crippen molar-refractivity contribution in [1.82, 2.24) is 10.3 Å². The fraction of sp³-hybridized carbons (Fsp3) is 0.200. The van der Waals surface area contributed by atoms with Crippen molar-refractivity contribution in [2.75, 3.05) is 5.43 Å². The average molecular weight is 303 g/mol. The highest BCUT2D eigenvalue weighted by Gasteiger charge is 2.23. The summed E-state index contributed by atoms with van der Waals surface area (Å²) >= 11 is 5.98. The van der Waals surface area contributed by atoms with E-state index in [1.165, 1.54) is 17.3 Å². The van der Waals surface area contributed by atoms with Crippen molar-refractivity contribution in [2.45, 2.75) is 18.9 Å². The van der Waals surface area contributed by atoms with Gasteiger partial charge < -0.3 is 10.7 Å². The number of rotatable bonds is 3. The topological polar surface area (TPSA) is 80.0 Å². The number of halogens is 1. The SMILES string of the molecule is NNc1ncc(C(=O)NC2Cc3ccccc3C2)cc1Cl. The summed E-state index contributed by atoms with van der Waals surface area (Å²) in [5, 5.41) is 3.34. The molecule has 21 heavy (non-hydrogen) atoms. The highest BCUT2D eigenvalue weighted by atomic mass is 35.5. The third-order valence-electron chi connectivity index (χ3n) is 3.63. The second-order valence-electron chi connectivity index (χ2n) is 5.05. The van der Waals surface area contributed by atoms with Crippen molar-refractivity contribution in [2.24, 2.45) is 5.84 Å². The summed E-state index contributed by atoms with van der Waals surface area (Å²) in [6.07, 6.45) is 3.16. The van der Waals surface area contributed by atoms with E-state index in [9.17, 15) is 4.79 Å². The van der Waals surface area contributed by atoms with E-state index < -0.39 is 0 Å². The fourth-order valence-electron chi connectivity index (χ4n) is 2.60. The molecule has 0 saturated carbocycles. The summed E-state index contributed by atoms with van der Waals surface area (Å²) in [7, 11) is 0. The lowest BCUT2D eigenvalue weighted by molar-refractivity contribution is 0.0938. The van der Waals surface area contributed by atoms with E-state index in [1.54, 1.807) is 6.07 Å². The van der Waals surface area contributed by atoms with Gasteiger partial charge in [0.05, 0.1) is 10.6 Å².